The lowest BCUT2D eigenvalue weighted by Gasteiger charge is -2.22. The van der Waals surface area contributed by atoms with Gasteiger partial charge in [-0.25, -0.2) is 8.42 Å². The lowest BCUT2D eigenvalue weighted by atomic mass is 10.1. The number of alkyl halides is 3. The summed E-state index contributed by atoms with van der Waals surface area (Å²) in [6.07, 6.45) is -3.80. The van der Waals surface area contributed by atoms with Crippen molar-refractivity contribution >= 4 is 15.9 Å². The van der Waals surface area contributed by atoms with Crippen molar-refractivity contribution in [3.63, 3.8) is 0 Å². The minimum atomic E-state index is -4.75. The minimum Gasteiger partial charge on any atom is -0.339 e. The fourth-order valence-corrected chi connectivity index (χ4v) is 4.34. The second kappa shape index (κ2) is 9.43. The van der Waals surface area contributed by atoms with Gasteiger partial charge in [0.15, 0.2) is 6.04 Å². The first-order valence-electron chi connectivity index (χ1n) is 9.12. The van der Waals surface area contributed by atoms with Crippen LogP contribution in [-0.4, -0.2) is 42.5 Å². The molecule has 11 heteroatoms. The van der Waals surface area contributed by atoms with Crippen LogP contribution in [0.25, 0.3) is 0 Å². The Morgan fingerprint density at radius 2 is 1.70 bits per heavy atom. The molecular formula is C19H22F3N3O4S. The van der Waals surface area contributed by atoms with E-state index in [1.54, 1.807) is 19.9 Å². The molecule has 0 saturated heterocycles. The maximum absolute atomic E-state index is 13.4. The van der Waals surface area contributed by atoms with Crippen molar-refractivity contribution in [3.8, 4) is 0 Å². The molecule has 0 fully saturated rings. The number of halogens is 3. The Kier molecular flexibility index (Phi) is 7.43. The van der Waals surface area contributed by atoms with Gasteiger partial charge in [-0.1, -0.05) is 44.2 Å². The van der Waals surface area contributed by atoms with E-state index in [1.165, 1.54) is 24.3 Å². The Bertz CT molecular complexity index is 1030. The Morgan fingerprint density at radius 3 is 2.23 bits per heavy atom. The van der Waals surface area contributed by atoms with Gasteiger partial charge < -0.3 is 9.88 Å². The molecule has 2 aromatic rings. The van der Waals surface area contributed by atoms with Crippen molar-refractivity contribution in [2.75, 3.05) is 13.1 Å². The van der Waals surface area contributed by atoms with Crippen molar-refractivity contribution in [2.45, 2.75) is 37.5 Å². The van der Waals surface area contributed by atoms with E-state index in [4.69, 9.17) is 0 Å². The number of sulfonamides is 1. The summed E-state index contributed by atoms with van der Waals surface area (Å²) in [6.45, 7) is 2.92. The number of carbonyl (C=O) groups excluding carboxylic acids is 1. The zero-order valence-electron chi connectivity index (χ0n) is 16.4. The van der Waals surface area contributed by atoms with Crippen LogP contribution in [0.4, 0.5) is 13.2 Å². The Morgan fingerprint density at radius 1 is 1.10 bits per heavy atom. The molecule has 2 rings (SSSR count). The van der Waals surface area contributed by atoms with Crippen LogP contribution in [0.1, 0.15) is 25.5 Å². The van der Waals surface area contributed by atoms with Gasteiger partial charge in [-0.2, -0.15) is 17.5 Å². The van der Waals surface area contributed by atoms with E-state index in [9.17, 15) is 31.2 Å². The molecule has 1 amide bonds. The van der Waals surface area contributed by atoms with Crippen molar-refractivity contribution in [1.82, 2.24) is 14.2 Å². The third-order valence-corrected chi connectivity index (χ3v) is 6.41. The molecule has 164 valence electrons. The second-order valence-corrected chi connectivity index (χ2v) is 8.31. The van der Waals surface area contributed by atoms with Crippen molar-refractivity contribution in [2.24, 2.45) is 0 Å². The molecule has 0 radical (unpaired) electrons. The number of benzene rings is 1. The summed E-state index contributed by atoms with van der Waals surface area (Å²) in [5, 5.41) is 1.87. The van der Waals surface area contributed by atoms with Gasteiger partial charge in [0, 0.05) is 25.4 Å². The summed E-state index contributed by atoms with van der Waals surface area (Å²) >= 11 is 0. The van der Waals surface area contributed by atoms with E-state index < -0.39 is 40.3 Å². The Hall–Kier alpha value is -2.66. The number of nitrogens with zero attached hydrogens (tertiary/aromatic N) is 2. The van der Waals surface area contributed by atoms with Crippen molar-refractivity contribution in [1.29, 1.82) is 0 Å². The zero-order chi connectivity index (χ0) is 22.5. The number of pyridine rings is 1. The molecule has 0 aliphatic carbocycles. The smallest absolute Gasteiger partial charge is 0.339 e. The van der Waals surface area contributed by atoms with E-state index in [0.717, 1.165) is 27.2 Å². The topological polar surface area (TPSA) is 88.5 Å². The zero-order valence-corrected chi connectivity index (χ0v) is 17.2. The van der Waals surface area contributed by atoms with Crippen LogP contribution in [0.3, 0.4) is 0 Å². The highest BCUT2D eigenvalue weighted by molar-refractivity contribution is 7.89. The molecule has 1 heterocycles. The minimum absolute atomic E-state index is 0.163. The van der Waals surface area contributed by atoms with Crippen LogP contribution in [0.5, 0.6) is 0 Å². The molecule has 7 nitrogen and oxygen atoms in total. The number of hydrogen-bond acceptors (Lipinski definition) is 4. The van der Waals surface area contributed by atoms with Gasteiger partial charge in [-0.3, -0.25) is 9.59 Å². The molecule has 0 aliphatic rings. The Balaban J connectivity index is 2.29. The number of aromatic nitrogens is 1. The summed E-state index contributed by atoms with van der Waals surface area (Å²) < 4.78 is 67.3. The predicted molar refractivity (Wildman–Crippen MR) is 104 cm³/mol. The quantitative estimate of drug-likeness (QED) is 0.675. The summed E-state index contributed by atoms with van der Waals surface area (Å²) in [6, 6.07) is 6.61. The predicted octanol–water partition coefficient (Wildman–Crippen LogP) is 2.30. The highest BCUT2D eigenvalue weighted by Crippen LogP contribution is 2.32. The van der Waals surface area contributed by atoms with Crippen LogP contribution < -0.4 is 10.9 Å². The maximum atomic E-state index is 13.4. The number of rotatable bonds is 8. The van der Waals surface area contributed by atoms with Gasteiger partial charge in [-0.05, 0) is 11.6 Å². The first kappa shape index (κ1) is 23.6. The van der Waals surface area contributed by atoms with Crippen molar-refractivity contribution in [3.05, 3.63) is 64.6 Å². The maximum Gasteiger partial charge on any atom is 0.412 e. The fourth-order valence-electron chi connectivity index (χ4n) is 2.86. The number of amides is 1. The summed E-state index contributed by atoms with van der Waals surface area (Å²) in [5.41, 5.74) is -0.879. The lowest BCUT2D eigenvalue weighted by molar-refractivity contribution is -0.163. The average Bonchev–Trinajstić information content (AvgIpc) is 2.68. The largest absolute Gasteiger partial charge is 0.412 e. The van der Waals surface area contributed by atoms with E-state index in [2.05, 4.69) is 0 Å². The second-order valence-electron chi connectivity index (χ2n) is 6.37. The normalized spacial score (nSPS) is 13.3. The van der Waals surface area contributed by atoms with Crippen LogP contribution >= 0.6 is 0 Å². The summed E-state index contributed by atoms with van der Waals surface area (Å²) in [4.78, 5) is 24.1. The number of carbonyl (C=O) groups is 1. The van der Waals surface area contributed by atoms with E-state index in [-0.39, 0.29) is 23.5 Å². The monoisotopic (exact) mass is 445 g/mol. The molecule has 1 unspecified atom stereocenters. The van der Waals surface area contributed by atoms with Gasteiger partial charge in [-0.15, -0.1) is 0 Å². The summed E-state index contributed by atoms with van der Waals surface area (Å²) in [7, 11) is -3.90. The van der Waals surface area contributed by atoms with E-state index in [0.29, 0.717) is 0 Å². The molecule has 30 heavy (non-hydrogen) atoms. The van der Waals surface area contributed by atoms with Gasteiger partial charge in [0.25, 0.3) is 5.56 Å². The van der Waals surface area contributed by atoms with Gasteiger partial charge in [0.2, 0.25) is 15.9 Å². The summed E-state index contributed by atoms with van der Waals surface area (Å²) in [5.74, 6) is -1.08. The highest BCUT2D eigenvalue weighted by atomic mass is 32.2. The highest BCUT2D eigenvalue weighted by Gasteiger charge is 2.41. The molecule has 0 spiro atoms. The van der Waals surface area contributed by atoms with Crippen LogP contribution in [0.2, 0.25) is 0 Å². The third-order valence-electron chi connectivity index (χ3n) is 4.38. The Labute approximate surface area is 172 Å². The third kappa shape index (κ3) is 5.48. The fraction of sp³-hybridized carbons (Fsp3) is 0.368. The van der Waals surface area contributed by atoms with E-state index >= 15 is 0 Å². The van der Waals surface area contributed by atoms with Gasteiger partial charge >= 0.3 is 6.18 Å². The van der Waals surface area contributed by atoms with Gasteiger partial charge in [0.1, 0.15) is 6.54 Å². The SMILES string of the molecule is CCN(CC)S(=O)(=O)c1ccc(=O)n(CC(=O)NC(c2ccccc2)C(F)(F)F)c1. The van der Waals surface area contributed by atoms with E-state index in [1.807, 2.05) is 5.32 Å². The average molecular weight is 445 g/mol. The first-order chi connectivity index (χ1) is 14.0. The molecule has 0 saturated carbocycles. The number of hydrogen-bond donors (Lipinski definition) is 1. The van der Waals surface area contributed by atoms with Crippen LogP contribution in [-0.2, 0) is 21.4 Å². The molecule has 1 atom stereocenters. The molecule has 0 aliphatic heterocycles. The van der Waals surface area contributed by atoms with Crippen molar-refractivity contribution < 1.29 is 26.4 Å². The molecular weight excluding hydrogens is 423 g/mol. The molecule has 0 bridgehead atoms. The molecule has 1 N–H and O–H groups in total. The number of nitrogens with one attached hydrogen (secondary N) is 1. The first-order valence-corrected chi connectivity index (χ1v) is 10.6. The molecule has 1 aromatic heterocycles. The lowest BCUT2D eigenvalue weighted by Crippen LogP contribution is -2.41. The van der Waals surface area contributed by atoms with Crippen LogP contribution in [0, 0.1) is 0 Å². The van der Waals surface area contributed by atoms with Crippen LogP contribution in [0.15, 0.2) is 58.4 Å². The van der Waals surface area contributed by atoms with Gasteiger partial charge in [0.05, 0.1) is 4.90 Å². The molecule has 1 aromatic carbocycles. The standard InChI is InChI=1S/C19H22F3N3O4S/c1-3-25(4-2)30(28,29)15-10-11-17(27)24(12-15)13-16(26)23-18(19(20,21)22)14-8-6-5-7-9-14/h5-12,18H,3-4,13H2,1-2H3,(H,23,26).